The molecule has 1 aliphatic carbocycles. The lowest BCUT2D eigenvalue weighted by Gasteiger charge is -2.18. The molecule has 1 aromatic rings. The number of halogens is 1. The van der Waals surface area contributed by atoms with Crippen LogP contribution in [0.5, 0.6) is 5.75 Å². The van der Waals surface area contributed by atoms with Gasteiger partial charge in [0.25, 0.3) is 0 Å². The molecule has 92 valence electrons. The van der Waals surface area contributed by atoms with Gasteiger partial charge in [-0.15, -0.1) is 0 Å². The highest BCUT2D eigenvalue weighted by Gasteiger charge is 2.13. The Morgan fingerprint density at radius 2 is 2.29 bits per heavy atom. The zero-order chi connectivity index (χ0) is 12.3. The van der Waals surface area contributed by atoms with Crippen LogP contribution in [-0.4, -0.2) is 13.2 Å². The zero-order valence-corrected chi connectivity index (χ0v) is 10.1. The van der Waals surface area contributed by atoms with E-state index in [0.717, 1.165) is 19.3 Å². The van der Waals surface area contributed by atoms with Gasteiger partial charge in [-0.25, -0.2) is 4.39 Å². The molecule has 0 aliphatic heterocycles. The number of benzene rings is 1. The second kappa shape index (κ2) is 5.32. The van der Waals surface area contributed by atoms with Crippen molar-refractivity contribution < 1.29 is 9.13 Å². The lowest BCUT2D eigenvalue weighted by atomic mass is 9.91. The summed E-state index contributed by atoms with van der Waals surface area (Å²) < 4.78 is 18.9. The third-order valence-electron chi connectivity index (χ3n) is 3.17. The van der Waals surface area contributed by atoms with E-state index in [-0.39, 0.29) is 11.9 Å². The van der Waals surface area contributed by atoms with Crippen molar-refractivity contribution in [2.75, 3.05) is 7.11 Å². The van der Waals surface area contributed by atoms with Crippen LogP contribution in [0.2, 0.25) is 0 Å². The maximum absolute atomic E-state index is 13.9. The summed E-state index contributed by atoms with van der Waals surface area (Å²) in [4.78, 5) is 0. The lowest BCUT2D eigenvalue weighted by Crippen LogP contribution is -2.20. The molecule has 2 nitrogen and oxygen atoms in total. The van der Waals surface area contributed by atoms with Crippen LogP contribution in [0, 0.1) is 5.82 Å². The number of hydrogen-bond donors (Lipinski definition) is 1. The molecule has 0 saturated carbocycles. The van der Waals surface area contributed by atoms with Gasteiger partial charge in [0.15, 0.2) is 11.6 Å². The average molecular weight is 235 g/mol. The molecule has 0 aromatic heterocycles. The van der Waals surface area contributed by atoms with Crippen LogP contribution >= 0.6 is 0 Å². The molecule has 0 bridgehead atoms. The van der Waals surface area contributed by atoms with Gasteiger partial charge in [0.05, 0.1) is 7.11 Å². The Hall–Kier alpha value is -1.35. The molecule has 0 saturated heterocycles. The van der Waals surface area contributed by atoms with Gasteiger partial charge in [0, 0.05) is 6.04 Å². The molecule has 0 spiro atoms. The first-order valence-corrected chi connectivity index (χ1v) is 5.97. The minimum absolute atomic E-state index is 0.132. The molecule has 0 radical (unpaired) electrons. The molecule has 1 aromatic carbocycles. The van der Waals surface area contributed by atoms with Gasteiger partial charge < -0.3 is 10.5 Å². The summed E-state index contributed by atoms with van der Waals surface area (Å²) in [5, 5.41) is 0. The topological polar surface area (TPSA) is 35.2 Å². The molecule has 0 amide bonds. The number of ether oxygens (including phenoxy) is 1. The molecular weight excluding hydrogens is 217 g/mol. The first-order chi connectivity index (χ1) is 8.20. The summed E-state index contributed by atoms with van der Waals surface area (Å²) in [5.74, 6) is 0.0539. The summed E-state index contributed by atoms with van der Waals surface area (Å²) >= 11 is 0. The predicted octanol–water partition coefficient (Wildman–Crippen LogP) is 2.81. The smallest absolute Gasteiger partial charge is 0.168 e. The largest absolute Gasteiger partial charge is 0.494 e. The normalized spacial score (nSPS) is 19.9. The first-order valence-electron chi connectivity index (χ1n) is 5.97. The number of hydrogen-bond acceptors (Lipinski definition) is 2. The summed E-state index contributed by atoms with van der Waals surface area (Å²) in [6, 6.07) is 5.39. The molecule has 1 aliphatic rings. The van der Waals surface area contributed by atoms with Crippen LogP contribution in [0.15, 0.2) is 29.8 Å². The van der Waals surface area contributed by atoms with Gasteiger partial charge >= 0.3 is 0 Å². The standard InChI is InChI=1S/C14H18FNO/c1-17-13-7-3-5-11(14(13)15)8-10-4-2-6-12(16)9-10/h3,5,7,9,12H,2,4,6,8,16H2,1H3. The van der Waals surface area contributed by atoms with Crippen LogP contribution < -0.4 is 10.5 Å². The Bertz CT molecular complexity index is 428. The van der Waals surface area contributed by atoms with E-state index < -0.39 is 0 Å². The van der Waals surface area contributed by atoms with E-state index in [9.17, 15) is 4.39 Å². The Balaban J connectivity index is 2.18. The highest BCUT2D eigenvalue weighted by atomic mass is 19.1. The number of methoxy groups -OCH3 is 1. The van der Waals surface area contributed by atoms with E-state index in [1.165, 1.54) is 12.7 Å². The molecular formula is C14H18FNO. The van der Waals surface area contributed by atoms with Crippen LogP contribution in [-0.2, 0) is 6.42 Å². The summed E-state index contributed by atoms with van der Waals surface area (Å²) in [5.41, 5.74) is 7.80. The van der Waals surface area contributed by atoms with Gasteiger partial charge in [-0.1, -0.05) is 23.8 Å². The minimum Gasteiger partial charge on any atom is -0.494 e. The maximum Gasteiger partial charge on any atom is 0.168 e. The Morgan fingerprint density at radius 1 is 1.47 bits per heavy atom. The summed E-state index contributed by atoms with van der Waals surface area (Å²) in [6.07, 6.45) is 5.85. The van der Waals surface area contributed by atoms with Crippen molar-refractivity contribution in [3.8, 4) is 5.75 Å². The van der Waals surface area contributed by atoms with Crippen molar-refractivity contribution in [1.82, 2.24) is 0 Å². The zero-order valence-electron chi connectivity index (χ0n) is 10.1. The fraction of sp³-hybridized carbons (Fsp3) is 0.429. The Kier molecular flexibility index (Phi) is 3.79. The van der Waals surface area contributed by atoms with E-state index >= 15 is 0 Å². The van der Waals surface area contributed by atoms with E-state index in [2.05, 4.69) is 6.08 Å². The van der Waals surface area contributed by atoms with Crippen LogP contribution in [0.25, 0.3) is 0 Å². The quantitative estimate of drug-likeness (QED) is 0.818. The average Bonchev–Trinajstić information content (AvgIpc) is 2.32. The Morgan fingerprint density at radius 3 is 3.00 bits per heavy atom. The molecule has 2 N–H and O–H groups in total. The second-order valence-corrected chi connectivity index (χ2v) is 4.49. The fourth-order valence-corrected chi connectivity index (χ4v) is 2.28. The van der Waals surface area contributed by atoms with Crippen LogP contribution in [0.1, 0.15) is 24.8 Å². The third kappa shape index (κ3) is 2.86. The van der Waals surface area contributed by atoms with Gasteiger partial charge in [0.1, 0.15) is 0 Å². The Labute approximate surface area is 101 Å². The van der Waals surface area contributed by atoms with Gasteiger partial charge in [-0.05, 0) is 37.3 Å². The van der Waals surface area contributed by atoms with Crippen molar-refractivity contribution in [2.24, 2.45) is 5.73 Å². The minimum atomic E-state index is -0.255. The fourth-order valence-electron chi connectivity index (χ4n) is 2.28. The van der Waals surface area contributed by atoms with Gasteiger partial charge in [-0.3, -0.25) is 0 Å². The van der Waals surface area contributed by atoms with E-state index in [1.54, 1.807) is 12.1 Å². The maximum atomic E-state index is 13.9. The van der Waals surface area contributed by atoms with Crippen molar-refractivity contribution in [3.05, 3.63) is 41.2 Å². The van der Waals surface area contributed by atoms with Crippen LogP contribution in [0.4, 0.5) is 4.39 Å². The molecule has 2 rings (SSSR count). The van der Waals surface area contributed by atoms with Crippen molar-refractivity contribution in [3.63, 3.8) is 0 Å². The second-order valence-electron chi connectivity index (χ2n) is 4.49. The van der Waals surface area contributed by atoms with E-state index in [4.69, 9.17) is 10.5 Å². The molecule has 3 heteroatoms. The van der Waals surface area contributed by atoms with Crippen LogP contribution in [0.3, 0.4) is 0 Å². The summed E-state index contributed by atoms with van der Waals surface area (Å²) in [6.45, 7) is 0. The van der Waals surface area contributed by atoms with Crippen molar-refractivity contribution in [1.29, 1.82) is 0 Å². The van der Waals surface area contributed by atoms with Crippen molar-refractivity contribution >= 4 is 0 Å². The summed E-state index contributed by atoms with van der Waals surface area (Å²) in [7, 11) is 1.48. The monoisotopic (exact) mass is 235 g/mol. The van der Waals surface area contributed by atoms with Crippen molar-refractivity contribution in [2.45, 2.75) is 31.7 Å². The molecule has 17 heavy (non-hydrogen) atoms. The molecule has 0 heterocycles. The highest BCUT2D eigenvalue weighted by Crippen LogP contribution is 2.25. The molecule has 1 unspecified atom stereocenters. The highest BCUT2D eigenvalue weighted by molar-refractivity contribution is 5.34. The first kappa shape index (κ1) is 12.1. The molecule has 1 atom stereocenters. The number of allylic oxidation sites excluding steroid dienone is 1. The number of nitrogens with two attached hydrogens (primary N) is 1. The molecule has 0 fully saturated rings. The number of rotatable bonds is 3. The predicted molar refractivity (Wildman–Crippen MR) is 66.6 cm³/mol. The SMILES string of the molecule is COc1cccc(CC2=CC(N)CCC2)c1F. The van der Waals surface area contributed by atoms with Gasteiger partial charge in [0.2, 0.25) is 0 Å². The third-order valence-corrected chi connectivity index (χ3v) is 3.17. The van der Waals surface area contributed by atoms with E-state index in [1.807, 2.05) is 6.07 Å². The van der Waals surface area contributed by atoms with Gasteiger partial charge in [-0.2, -0.15) is 0 Å². The lowest BCUT2D eigenvalue weighted by molar-refractivity contribution is 0.384. The van der Waals surface area contributed by atoms with E-state index in [0.29, 0.717) is 17.7 Å².